The zero-order valence-corrected chi connectivity index (χ0v) is 8.80. The maximum Gasteiger partial charge on any atom is 0.0994 e. The van der Waals surface area contributed by atoms with Crippen LogP contribution in [0, 0.1) is 23.2 Å². The van der Waals surface area contributed by atoms with Gasteiger partial charge in [-0.1, -0.05) is 36.4 Å². The zero-order valence-electron chi connectivity index (χ0n) is 8.80. The van der Waals surface area contributed by atoms with Crippen molar-refractivity contribution in [3.05, 3.63) is 59.2 Å². The third-order valence-electron chi connectivity index (χ3n) is 4.31. The van der Waals surface area contributed by atoms with Gasteiger partial charge >= 0.3 is 0 Å². The molecule has 1 nitrogen and oxygen atoms in total. The minimum atomic E-state index is 0.450. The molecule has 0 amide bonds. The van der Waals surface area contributed by atoms with E-state index in [9.17, 15) is 5.26 Å². The van der Waals surface area contributed by atoms with E-state index in [4.69, 9.17) is 0 Å². The summed E-state index contributed by atoms with van der Waals surface area (Å²) in [6, 6.07) is 8.50. The third-order valence-corrected chi connectivity index (χ3v) is 4.31. The number of nitrogens with zero attached hydrogens (tertiary/aromatic N) is 1. The van der Waals surface area contributed by atoms with Crippen molar-refractivity contribution in [2.24, 2.45) is 11.8 Å². The van der Waals surface area contributed by atoms with Crippen LogP contribution in [0.3, 0.4) is 0 Å². The Labute approximate surface area is 94.7 Å². The van der Waals surface area contributed by atoms with Gasteiger partial charge in [-0.3, -0.25) is 0 Å². The Bertz CT molecular complexity index is 574. The topological polar surface area (TPSA) is 23.8 Å². The van der Waals surface area contributed by atoms with Crippen LogP contribution in [-0.4, -0.2) is 0 Å². The minimum absolute atomic E-state index is 0.450. The van der Waals surface area contributed by atoms with Gasteiger partial charge in [0.05, 0.1) is 11.6 Å². The first-order chi connectivity index (χ1) is 7.90. The van der Waals surface area contributed by atoms with Crippen LogP contribution in [0.2, 0.25) is 0 Å². The van der Waals surface area contributed by atoms with E-state index < -0.39 is 0 Å². The summed E-state index contributed by atoms with van der Waals surface area (Å²) in [5.74, 6) is 2.31. The highest BCUT2D eigenvalue weighted by atomic mass is 14.5. The molecule has 4 atom stereocenters. The largest absolute Gasteiger partial charge is 0.192 e. The van der Waals surface area contributed by atoms with Gasteiger partial charge in [0.15, 0.2) is 0 Å². The molecule has 1 aromatic rings. The number of rotatable bonds is 0. The molecule has 16 heavy (non-hydrogen) atoms. The quantitative estimate of drug-likeness (QED) is 0.597. The third kappa shape index (κ3) is 0.782. The molecule has 1 heteroatoms. The fraction of sp³-hybridized carbons (Fsp3) is 0.267. The number of benzene rings is 1. The van der Waals surface area contributed by atoms with Crippen LogP contribution in [0.25, 0.3) is 0 Å². The predicted molar refractivity (Wildman–Crippen MR) is 61.9 cm³/mol. The van der Waals surface area contributed by atoms with Crippen LogP contribution < -0.4 is 0 Å². The molecule has 0 aromatic heterocycles. The van der Waals surface area contributed by atoms with E-state index in [-0.39, 0.29) is 0 Å². The molecule has 1 aromatic carbocycles. The van der Waals surface area contributed by atoms with E-state index >= 15 is 0 Å². The van der Waals surface area contributed by atoms with E-state index in [0.29, 0.717) is 23.7 Å². The first-order valence-corrected chi connectivity index (χ1v) is 5.79. The normalized spacial score (nSPS) is 36.2. The average Bonchev–Trinajstić information content (AvgIpc) is 2.28. The van der Waals surface area contributed by atoms with E-state index in [2.05, 4.69) is 36.4 Å². The van der Waals surface area contributed by atoms with Gasteiger partial charge in [0.2, 0.25) is 0 Å². The summed E-state index contributed by atoms with van der Waals surface area (Å²) >= 11 is 0. The van der Waals surface area contributed by atoms with Crippen LogP contribution in [0.4, 0.5) is 0 Å². The molecule has 0 fully saturated rings. The molecule has 4 aliphatic carbocycles. The Morgan fingerprint density at radius 3 is 2.44 bits per heavy atom. The highest BCUT2D eigenvalue weighted by Crippen LogP contribution is 2.57. The molecule has 0 saturated heterocycles. The molecule has 76 valence electrons. The van der Waals surface area contributed by atoms with Crippen LogP contribution in [0.5, 0.6) is 0 Å². The van der Waals surface area contributed by atoms with Crippen LogP contribution in [0.15, 0.2) is 42.5 Å². The fourth-order valence-electron chi connectivity index (χ4n) is 3.52. The summed E-state index contributed by atoms with van der Waals surface area (Å²) in [4.78, 5) is 0. The lowest BCUT2D eigenvalue weighted by Gasteiger charge is -2.48. The molecular weight excluding hydrogens is 194 g/mol. The van der Waals surface area contributed by atoms with E-state index in [1.807, 2.05) is 12.1 Å². The van der Waals surface area contributed by atoms with Gasteiger partial charge in [0.25, 0.3) is 0 Å². The Hall–Kier alpha value is -1.81. The van der Waals surface area contributed by atoms with Crippen LogP contribution in [0.1, 0.15) is 28.5 Å². The number of hydrogen-bond donors (Lipinski definition) is 0. The second kappa shape index (κ2) is 2.65. The summed E-state index contributed by atoms with van der Waals surface area (Å²) in [6.07, 6.45) is 9.27. The fourth-order valence-corrected chi connectivity index (χ4v) is 3.52. The van der Waals surface area contributed by atoms with Gasteiger partial charge in [-0.2, -0.15) is 5.26 Å². The standard InChI is InChI=1S/C15H11N/c16-8-9-2-1-3-13-11-6-7-14(15(9)13)12-5-4-10(11)12/h1-7,10-12,14H/t10-,11-,12+,14-/m1/s1. The van der Waals surface area contributed by atoms with Crippen molar-refractivity contribution in [1.29, 1.82) is 5.26 Å². The summed E-state index contributed by atoms with van der Waals surface area (Å²) < 4.78 is 0. The molecule has 0 unspecified atom stereocenters. The summed E-state index contributed by atoms with van der Waals surface area (Å²) in [6.45, 7) is 0. The number of nitriles is 1. The molecule has 2 bridgehead atoms. The van der Waals surface area contributed by atoms with Crippen molar-refractivity contribution in [2.75, 3.05) is 0 Å². The Balaban J connectivity index is 2.02. The Morgan fingerprint density at radius 1 is 0.938 bits per heavy atom. The SMILES string of the molecule is N#Cc1cccc2c1[C@@H]1C=C[C@@H]2[C@H]2C=C[C@@H]21. The highest BCUT2D eigenvalue weighted by molar-refractivity contribution is 5.56. The molecule has 0 heterocycles. The van der Waals surface area contributed by atoms with Gasteiger partial charge in [0, 0.05) is 11.8 Å². The van der Waals surface area contributed by atoms with Gasteiger partial charge in [-0.05, 0) is 29.0 Å². The van der Waals surface area contributed by atoms with E-state index in [1.54, 1.807) is 0 Å². The van der Waals surface area contributed by atoms with Crippen molar-refractivity contribution >= 4 is 0 Å². The first kappa shape index (κ1) is 8.35. The second-order valence-corrected chi connectivity index (χ2v) is 4.90. The lowest BCUT2D eigenvalue weighted by Crippen LogP contribution is -2.38. The number of hydrogen-bond acceptors (Lipinski definition) is 1. The van der Waals surface area contributed by atoms with E-state index in [0.717, 1.165) is 5.56 Å². The molecule has 0 aliphatic heterocycles. The molecule has 5 rings (SSSR count). The van der Waals surface area contributed by atoms with Gasteiger partial charge in [-0.15, -0.1) is 0 Å². The molecule has 0 radical (unpaired) electrons. The summed E-state index contributed by atoms with van der Waals surface area (Å²) in [5.41, 5.74) is 3.55. The summed E-state index contributed by atoms with van der Waals surface area (Å²) in [5, 5.41) is 9.20. The number of allylic oxidation sites excluding steroid dienone is 4. The smallest absolute Gasteiger partial charge is 0.0994 e. The zero-order chi connectivity index (χ0) is 10.7. The monoisotopic (exact) mass is 205 g/mol. The van der Waals surface area contributed by atoms with Crippen LogP contribution in [-0.2, 0) is 0 Å². The van der Waals surface area contributed by atoms with Crippen molar-refractivity contribution in [3.63, 3.8) is 0 Å². The van der Waals surface area contributed by atoms with Gasteiger partial charge < -0.3 is 0 Å². The lowest BCUT2D eigenvalue weighted by atomic mass is 9.55. The van der Waals surface area contributed by atoms with Crippen molar-refractivity contribution in [2.45, 2.75) is 11.8 Å². The van der Waals surface area contributed by atoms with Gasteiger partial charge in [-0.25, -0.2) is 0 Å². The second-order valence-electron chi connectivity index (χ2n) is 4.90. The lowest BCUT2D eigenvalue weighted by molar-refractivity contribution is 0.316. The Kier molecular flexibility index (Phi) is 1.38. The molecule has 4 aliphatic rings. The molecule has 0 N–H and O–H groups in total. The highest BCUT2D eigenvalue weighted by Gasteiger charge is 2.45. The maximum absolute atomic E-state index is 9.20. The molecule has 0 spiro atoms. The Morgan fingerprint density at radius 2 is 1.69 bits per heavy atom. The first-order valence-electron chi connectivity index (χ1n) is 5.79. The van der Waals surface area contributed by atoms with Crippen molar-refractivity contribution in [3.8, 4) is 6.07 Å². The van der Waals surface area contributed by atoms with Crippen molar-refractivity contribution in [1.82, 2.24) is 0 Å². The summed E-state index contributed by atoms with van der Waals surface area (Å²) in [7, 11) is 0. The van der Waals surface area contributed by atoms with Crippen molar-refractivity contribution < 1.29 is 0 Å². The maximum atomic E-state index is 9.20. The molecule has 0 saturated carbocycles. The van der Waals surface area contributed by atoms with Crippen LogP contribution >= 0.6 is 0 Å². The molecular formula is C15H11N. The average molecular weight is 205 g/mol. The predicted octanol–water partition coefficient (Wildman–Crippen LogP) is 3.11. The van der Waals surface area contributed by atoms with E-state index in [1.165, 1.54) is 11.1 Å². The minimum Gasteiger partial charge on any atom is -0.192 e. The van der Waals surface area contributed by atoms with Gasteiger partial charge in [0.1, 0.15) is 0 Å².